The molecule has 2 aromatic rings. The lowest BCUT2D eigenvalue weighted by atomic mass is 10.1. The van der Waals surface area contributed by atoms with E-state index in [4.69, 9.17) is 4.74 Å². The Bertz CT molecular complexity index is 784. The van der Waals surface area contributed by atoms with E-state index in [0.29, 0.717) is 0 Å². The van der Waals surface area contributed by atoms with Crippen molar-refractivity contribution in [2.24, 2.45) is 0 Å². The maximum atomic E-state index is 10.4. The second-order valence-corrected chi connectivity index (χ2v) is 7.84. The zero-order valence-electron chi connectivity index (χ0n) is 17.2. The number of benzene rings is 1. The number of hydrogen-bond donors (Lipinski definition) is 0. The molecule has 0 fully saturated rings. The molecule has 0 aliphatic rings. The summed E-state index contributed by atoms with van der Waals surface area (Å²) >= 11 is 1.65. The van der Waals surface area contributed by atoms with Crippen molar-refractivity contribution in [2.45, 2.75) is 39.5 Å². The highest BCUT2D eigenvalue weighted by atomic mass is 32.1. The molecule has 0 amide bonds. The van der Waals surface area contributed by atoms with Crippen LogP contribution < -0.4 is 9.64 Å². The highest BCUT2D eigenvalue weighted by Crippen LogP contribution is 2.29. The number of methoxy groups -OCH3 is 1. The lowest BCUT2D eigenvalue weighted by Gasteiger charge is -2.25. The summed E-state index contributed by atoms with van der Waals surface area (Å²) in [6.07, 6.45) is 13.1. The number of aldehydes is 1. The van der Waals surface area contributed by atoms with Gasteiger partial charge in [-0.05, 0) is 61.4 Å². The molecule has 0 aliphatic carbocycles. The van der Waals surface area contributed by atoms with E-state index in [1.807, 2.05) is 12.1 Å². The van der Waals surface area contributed by atoms with Crippen molar-refractivity contribution >= 4 is 41.5 Å². The van der Waals surface area contributed by atoms with Crippen LogP contribution in [0.4, 0.5) is 5.69 Å². The highest BCUT2D eigenvalue weighted by Gasteiger charge is 2.09. The molecule has 28 heavy (non-hydrogen) atoms. The first-order chi connectivity index (χ1) is 13.7. The van der Waals surface area contributed by atoms with Crippen LogP contribution in [0.3, 0.4) is 0 Å². The van der Waals surface area contributed by atoms with Gasteiger partial charge in [0.2, 0.25) is 0 Å². The second kappa shape index (κ2) is 12.2. The predicted molar refractivity (Wildman–Crippen MR) is 123 cm³/mol. The van der Waals surface area contributed by atoms with E-state index in [2.05, 4.69) is 55.2 Å². The second-order valence-electron chi connectivity index (χ2n) is 6.69. The molecule has 0 N–H and O–H groups in total. The molecule has 2 rings (SSSR count). The normalized spacial score (nSPS) is 11.4. The first-order valence-corrected chi connectivity index (χ1v) is 10.9. The van der Waals surface area contributed by atoms with Crippen molar-refractivity contribution < 1.29 is 9.53 Å². The van der Waals surface area contributed by atoms with Crippen LogP contribution in [-0.4, -0.2) is 26.5 Å². The molecule has 0 bridgehead atoms. The largest absolute Gasteiger partial charge is 0.496 e. The number of anilines is 1. The zero-order valence-corrected chi connectivity index (χ0v) is 18.0. The Labute approximate surface area is 173 Å². The third kappa shape index (κ3) is 6.68. The number of nitrogens with zero attached hydrogens (tertiary/aromatic N) is 1. The lowest BCUT2D eigenvalue weighted by Crippen LogP contribution is -2.25. The van der Waals surface area contributed by atoms with Crippen LogP contribution in [0, 0.1) is 0 Å². The van der Waals surface area contributed by atoms with Crippen LogP contribution in [0.25, 0.3) is 18.2 Å². The molecule has 0 radical (unpaired) electrons. The summed E-state index contributed by atoms with van der Waals surface area (Å²) in [4.78, 5) is 15.1. The summed E-state index contributed by atoms with van der Waals surface area (Å²) in [5.74, 6) is 0.893. The fraction of sp³-hybridized carbons (Fsp3) is 0.375. The van der Waals surface area contributed by atoms with Gasteiger partial charge < -0.3 is 9.64 Å². The van der Waals surface area contributed by atoms with Gasteiger partial charge in [0.1, 0.15) is 12.0 Å². The SMILES string of the molecule is CCCCN(CCCC)c1ccc(/C=C/c2ccc(/C=C/C=O)s2)c(OC)c1. The van der Waals surface area contributed by atoms with Crippen LogP contribution in [-0.2, 0) is 4.79 Å². The van der Waals surface area contributed by atoms with Crippen LogP contribution >= 0.6 is 11.3 Å². The van der Waals surface area contributed by atoms with E-state index < -0.39 is 0 Å². The topological polar surface area (TPSA) is 29.5 Å². The van der Waals surface area contributed by atoms with Crippen molar-refractivity contribution in [1.82, 2.24) is 0 Å². The Hall–Kier alpha value is -2.33. The van der Waals surface area contributed by atoms with Crippen molar-refractivity contribution in [3.05, 3.63) is 51.7 Å². The number of carbonyl (C=O) groups is 1. The van der Waals surface area contributed by atoms with Gasteiger partial charge >= 0.3 is 0 Å². The number of thiophene rings is 1. The van der Waals surface area contributed by atoms with Gasteiger partial charge in [0.05, 0.1) is 7.11 Å². The molecule has 1 aromatic carbocycles. The van der Waals surface area contributed by atoms with Crippen LogP contribution in [0.5, 0.6) is 5.75 Å². The smallest absolute Gasteiger partial charge is 0.142 e. The Balaban J connectivity index is 2.17. The fourth-order valence-corrected chi connectivity index (χ4v) is 3.78. The number of hydrogen-bond acceptors (Lipinski definition) is 4. The summed E-state index contributed by atoms with van der Waals surface area (Å²) in [5.41, 5.74) is 2.30. The van der Waals surface area contributed by atoms with Gasteiger partial charge in [-0.15, -0.1) is 11.3 Å². The zero-order chi connectivity index (χ0) is 20.2. The number of unbranched alkanes of at least 4 members (excludes halogenated alkanes) is 2. The molecule has 1 heterocycles. The summed E-state index contributed by atoms with van der Waals surface area (Å²) in [6, 6.07) is 10.6. The molecule has 1 aromatic heterocycles. The van der Waals surface area contributed by atoms with Crippen LogP contribution in [0.1, 0.15) is 54.8 Å². The summed E-state index contributed by atoms with van der Waals surface area (Å²) in [5, 5.41) is 0. The van der Waals surface area contributed by atoms with E-state index in [0.717, 1.165) is 40.4 Å². The molecule has 3 nitrogen and oxygen atoms in total. The molecule has 0 aliphatic heterocycles. The van der Waals surface area contributed by atoms with E-state index in [1.54, 1.807) is 18.4 Å². The van der Waals surface area contributed by atoms with Crippen molar-refractivity contribution in [1.29, 1.82) is 0 Å². The van der Waals surface area contributed by atoms with Gasteiger partial charge in [0, 0.05) is 40.2 Å². The Morgan fingerprint density at radius 1 is 0.964 bits per heavy atom. The fourth-order valence-electron chi connectivity index (χ4n) is 2.96. The van der Waals surface area contributed by atoms with Gasteiger partial charge in [-0.25, -0.2) is 0 Å². The third-order valence-corrected chi connectivity index (χ3v) is 5.57. The van der Waals surface area contributed by atoms with Gasteiger partial charge in [-0.2, -0.15) is 0 Å². The standard InChI is InChI=1S/C24H31NO2S/c1-4-6-16-25(17-7-5-2)21-12-10-20(24(19-21)27-3)11-13-23-15-14-22(28-23)9-8-18-26/h8-15,18-19H,4-7,16-17H2,1-3H3/b9-8+,13-11+. The number of carbonyl (C=O) groups excluding carboxylic acids is 1. The molecule has 0 saturated heterocycles. The Morgan fingerprint density at radius 3 is 2.25 bits per heavy atom. The molecule has 4 heteroatoms. The first kappa shape index (κ1) is 22.0. The maximum Gasteiger partial charge on any atom is 0.142 e. The summed E-state index contributed by atoms with van der Waals surface area (Å²) < 4.78 is 5.67. The first-order valence-electron chi connectivity index (χ1n) is 10.0. The van der Waals surface area contributed by atoms with Crippen molar-refractivity contribution in [3.63, 3.8) is 0 Å². The number of rotatable bonds is 12. The van der Waals surface area contributed by atoms with E-state index in [-0.39, 0.29) is 0 Å². The van der Waals surface area contributed by atoms with Gasteiger partial charge in [-0.3, -0.25) is 4.79 Å². The van der Waals surface area contributed by atoms with Gasteiger partial charge in [0.25, 0.3) is 0 Å². The lowest BCUT2D eigenvalue weighted by molar-refractivity contribution is -0.104. The molecule has 0 atom stereocenters. The maximum absolute atomic E-state index is 10.4. The van der Waals surface area contributed by atoms with Crippen molar-refractivity contribution in [2.75, 3.05) is 25.1 Å². The Kier molecular flexibility index (Phi) is 9.56. The molecule has 0 spiro atoms. The minimum Gasteiger partial charge on any atom is -0.496 e. The molecular formula is C24H31NO2S. The van der Waals surface area contributed by atoms with Crippen LogP contribution in [0.2, 0.25) is 0 Å². The van der Waals surface area contributed by atoms with Crippen molar-refractivity contribution in [3.8, 4) is 5.75 Å². The minimum atomic E-state index is 0.798. The summed E-state index contributed by atoms with van der Waals surface area (Å²) in [6.45, 7) is 6.64. The molecule has 150 valence electrons. The number of allylic oxidation sites excluding steroid dienone is 1. The highest BCUT2D eigenvalue weighted by molar-refractivity contribution is 7.13. The van der Waals surface area contributed by atoms with E-state index in [9.17, 15) is 4.79 Å². The third-order valence-electron chi connectivity index (χ3n) is 4.56. The monoisotopic (exact) mass is 397 g/mol. The Morgan fingerprint density at radius 2 is 1.64 bits per heavy atom. The molecular weight excluding hydrogens is 366 g/mol. The molecule has 0 unspecified atom stereocenters. The average Bonchev–Trinajstić information content (AvgIpc) is 3.18. The summed E-state index contributed by atoms with van der Waals surface area (Å²) in [7, 11) is 1.73. The quantitative estimate of drug-likeness (QED) is 0.300. The predicted octanol–water partition coefficient (Wildman–Crippen LogP) is 6.55. The minimum absolute atomic E-state index is 0.798. The number of ether oxygens (including phenoxy) is 1. The van der Waals surface area contributed by atoms with E-state index in [1.165, 1.54) is 37.4 Å². The van der Waals surface area contributed by atoms with Crippen LogP contribution in [0.15, 0.2) is 36.4 Å². The average molecular weight is 398 g/mol. The molecule has 0 saturated carbocycles. The van der Waals surface area contributed by atoms with E-state index >= 15 is 0 Å². The van der Waals surface area contributed by atoms with Gasteiger partial charge in [-0.1, -0.05) is 26.7 Å². The van der Waals surface area contributed by atoms with Gasteiger partial charge in [0.15, 0.2) is 0 Å².